The zero-order valence-corrected chi connectivity index (χ0v) is 13.7. The summed E-state index contributed by atoms with van der Waals surface area (Å²) in [4.78, 5) is 2.91. The van der Waals surface area contributed by atoms with E-state index >= 15 is 0 Å². The van der Waals surface area contributed by atoms with Crippen molar-refractivity contribution in [2.45, 2.75) is 89.6 Å². The maximum atomic E-state index is 6.34. The van der Waals surface area contributed by atoms with E-state index in [1.54, 1.807) is 0 Å². The van der Waals surface area contributed by atoms with Crippen LogP contribution in [0.3, 0.4) is 0 Å². The molecule has 2 saturated carbocycles. The monoisotopic (exact) mass is 278 g/mol. The molecule has 2 aliphatic carbocycles. The minimum Gasteiger partial charge on any atom is -0.329 e. The predicted molar refractivity (Wildman–Crippen MR) is 85.7 cm³/mol. The Morgan fingerprint density at radius 1 is 0.950 bits per heavy atom. The Kier molecular flexibility index (Phi) is 4.16. The zero-order valence-electron chi connectivity index (χ0n) is 13.7. The van der Waals surface area contributed by atoms with Crippen LogP contribution in [0.15, 0.2) is 0 Å². The molecule has 3 aliphatic rings. The Labute approximate surface area is 125 Å². The largest absolute Gasteiger partial charge is 0.329 e. The van der Waals surface area contributed by atoms with E-state index in [9.17, 15) is 0 Å². The highest BCUT2D eigenvalue weighted by Crippen LogP contribution is 2.47. The number of rotatable bonds is 2. The van der Waals surface area contributed by atoms with Gasteiger partial charge in [0.1, 0.15) is 0 Å². The lowest BCUT2D eigenvalue weighted by molar-refractivity contribution is -0.0569. The van der Waals surface area contributed by atoms with Gasteiger partial charge in [-0.15, -0.1) is 0 Å². The molecule has 0 radical (unpaired) electrons. The van der Waals surface area contributed by atoms with Gasteiger partial charge in [0.05, 0.1) is 0 Å². The lowest BCUT2D eigenvalue weighted by Crippen LogP contribution is -2.63. The molecule has 3 rings (SSSR count). The van der Waals surface area contributed by atoms with E-state index in [0.29, 0.717) is 11.0 Å². The molecule has 2 nitrogen and oxygen atoms in total. The third kappa shape index (κ3) is 2.66. The molecular formula is C18H34N2. The van der Waals surface area contributed by atoms with Crippen LogP contribution in [0.4, 0.5) is 0 Å². The fourth-order valence-corrected chi connectivity index (χ4v) is 5.21. The number of hydrogen-bond acceptors (Lipinski definition) is 2. The second-order valence-electron chi connectivity index (χ2n) is 8.54. The van der Waals surface area contributed by atoms with Gasteiger partial charge in [-0.1, -0.05) is 26.7 Å². The summed E-state index contributed by atoms with van der Waals surface area (Å²) in [7, 11) is 0. The summed E-state index contributed by atoms with van der Waals surface area (Å²) in [5.74, 6) is 0.982. The van der Waals surface area contributed by atoms with Crippen LogP contribution in [0.1, 0.15) is 78.1 Å². The van der Waals surface area contributed by atoms with Crippen molar-refractivity contribution < 1.29 is 0 Å². The maximum Gasteiger partial charge on any atom is 0.0335 e. The van der Waals surface area contributed by atoms with Crippen molar-refractivity contribution in [1.82, 2.24) is 4.90 Å². The van der Waals surface area contributed by atoms with Crippen LogP contribution in [0.5, 0.6) is 0 Å². The van der Waals surface area contributed by atoms with Gasteiger partial charge in [0, 0.05) is 18.1 Å². The molecule has 1 aliphatic heterocycles. The van der Waals surface area contributed by atoms with Crippen LogP contribution in [0, 0.1) is 11.3 Å². The Morgan fingerprint density at radius 2 is 1.60 bits per heavy atom. The van der Waals surface area contributed by atoms with Gasteiger partial charge < -0.3 is 5.73 Å². The number of nitrogens with two attached hydrogens (primary N) is 1. The van der Waals surface area contributed by atoms with Crippen LogP contribution in [-0.2, 0) is 0 Å². The first kappa shape index (κ1) is 14.8. The smallest absolute Gasteiger partial charge is 0.0335 e. The average molecular weight is 278 g/mol. The molecule has 2 N–H and O–H groups in total. The molecule has 0 spiro atoms. The van der Waals surface area contributed by atoms with E-state index in [2.05, 4.69) is 18.7 Å². The lowest BCUT2D eigenvalue weighted by atomic mass is 9.66. The van der Waals surface area contributed by atoms with Gasteiger partial charge in [0.15, 0.2) is 0 Å². The zero-order chi connectivity index (χ0) is 14.2. The first-order valence-corrected chi connectivity index (χ1v) is 9.03. The van der Waals surface area contributed by atoms with E-state index in [4.69, 9.17) is 5.73 Å². The minimum atomic E-state index is 0.343. The summed E-state index contributed by atoms with van der Waals surface area (Å²) >= 11 is 0. The molecule has 1 saturated heterocycles. The van der Waals surface area contributed by atoms with Crippen molar-refractivity contribution in [3.05, 3.63) is 0 Å². The quantitative estimate of drug-likeness (QED) is 0.829. The number of hydrogen-bond donors (Lipinski definition) is 1. The van der Waals surface area contributed by atoms with Crippen LogP contribution >= 0.6 is 0 Å². The van der Waals surface area contributed by atoms with Crippen LogP contribution < -0.4 is 5.73 Å². The van der Waals surface area contributed by atoms with Crippen LogP contribution in [0.2, 0.25) is 0 Å². The van der Waals surface area contributed by atoms with Crippen molar-refractivity contribution >= 4 is 0 Å². The van der Waals surface area contributed by atoms with Gasteiger partial charge in [-0.3, -0.25) is 4.90 Å². The summed E-state index contributed by atoms with van der Waals surface area (Å²) in [6, 6.07) is 0.863. The average Bonchev–Trinajstić information content (AvgIpc) is 2.48. The van der Waals surface area contributed by atoms with Gasteiger partial charge in [-0.05, 0) is 69.2 Å². The Balaban J connectivity index is 1.77. The molecule has 0 amide bonds. The summed E-state index contributed by atoms with van der Waals surface area (Å²) in [6.45, 7) is 7.07. The molecule has 2 unspecified atom stereocenters. The van der Waals surface area contributed by atoms with E-state index in [1.165, 1.54) is 70.8 Å². The fraction of sp³-hybridized carbons (Fsp3) is 1.00. The molecule has 0 aromatic heterocycles. The van der Waals surface area contributed by atoms with Crippen LogP contribution in [0.25, 0.3) is 0 Å². The van der Waals surface area contributed by atoms with Crippen molar-refractivity contribution in [3.8, 4) is 0 Å². The number of likely N-dealkylation sites (tertiary alicyclic amines) is 1. The third-order valence-corrected chi connectivity index (χ3v) is 6.77. The highest BCUT2D eigenvalue weighted by atomic mass is 15.2. The summed E-state index contributed by atoms with van der Waals surface area (Å²) in [6.07, 6.45) is 14.1. The molecule has 2 heteroatoms. The Morgan fingerprint density at radius 3 is 2.30 bits per heavy atom. The van der Waals surface area contributed by atoms with Crippen molar-refractivity contribution in [2.24, 2.45) is 17.1 Å². The number of nitrogens with zero attached hydrogens (tertiary/aromatic N) is 1. The van der Waals surface area contributed by atoms with Gasteiger partial charge >= 0.3 is 0 Å². The Hall–Kier alpha value is -0.0800. The van der Waals surface area contributed by atoms with Gasteiger partial charge in [-0.25, -0.2) is 0 Å². The second kappa shape index (κ2) is 5.61. The first-order chi connectivity index (χ1) is 9.56. The van der Waals surface area contributed by atoms with Crippen LogP contribution in [-0.4, -0.2) is 29.6 Å². The minimum absolute atomic E-state index is 0.343. The van der Waals surface area contributed by atoms with E-state index in [-0.39, 0.29) is 0 Å². The number of piperidine rings is 1. The fourth-order valence-electron chi connectivity index (χ4n) is 5.21. The first-order valence-electron chi connectivity index (χ1n) is 9.03. The van der Waals surface area contributed by atoms with Crippen molar-refractivity contribution in [1.29, 1.82) is 0 Å². The van der Waals surface area contributed by atoms with Crippen molar-refractivity contribution in [3.63, 3.8) is 0 Å². The molecule has 0 aromatic carbocycles. The molecule has 0 aromatic rings. The summed E-state index contributed by atoms with van der Waals surface area (Å²) in [5, 5.41) is 0. The normalized spacial score (nSPS) is 37.4. The summed E-state index contributed by atoms with van der Waals surface area (Å²) < 4.78 is 0. The second-order valence-corrected chi connectivity index (χ2v) is 8.54. The lowest BCUT2D eigenvalue weighted by Gasteiger charge is -2.56. The summed E-state index contributed by atoms with van der Waals surface area (Å²) in [5.41, 5.74) is 7.22. The molecule has 2 atom stereocenters. The van der Waals surface area contributed by atoms with Gasteiger partial charge in [0.2, 0.25) is 0 Å². The Bertz CT molecular complexity index is 324. The van der Waals surface area contributed by atoms with Gasteiger partial charge in [0.25, 0.3) is 0 Å². The maximum absolute atomic E-state index is 6.34. The molecule has 116 valence electrons. The number of fused-ring (bicyclic) bond motifs is 1. The standard InChI is InChI=1S/C18H34N2/c1-17(2)9-11-18(14-19,12-10-17)20-13-5-7-15-6-3-4-8-16(15)20/h15-16H,3-14,19H2,1-2H3. The molecule has 3 fully saturated rings. The molecular weight excluding hydrogens is 244 g/mol. The topological polar surface area (TPSA) is 29.3 Å². The molecule has 20 heavy (non-hydrogen) atoms. The predicted octanol–water partition coefficient (Wildman–Crippen LogP) is 3.94. The molecule has 1 heterocycles. The van der Waals surface area contributed by atoms with Gasteiger partial charge in [-0.2, -0.15) is 0 Å². The third-order valence-electron chi connectivity index (χ3n) is 6.77. The highest BCUT2D eigenvalue weighted by molar-refractivity contribution is 5.03. The van der Waals surface area contributed by atoms with E-state index in [0.717, 1.165) is 18.5 Å². The van der Waals surface area contributed by atoms with E-state index < -0.39 is 0 Å². The molecule has 0 bridgehead atoms. The van der Waals surface area contributed by atoms with Crippen molar-refractivity contribution in [2.75, 3.05) is 13.1 Å². The SMILES string of the molecule is CC1(C)CCC(CN)(N2CCCC3CCCCC32)CC1. The van der Waals surface area contributed by atoms with E-state index in [1.807, 2.05) is 0 Å². The highest BCUT2D eigenvalue weighted by Gasteiger charge is 2.47.